The van der Waals surface area contributed by atoms with Gasteiger partial charge in [-0.2, -0.15) is 0 Å². The monoisotopic (exact) mass is 354 g/mol. The van der Waals surface area contributed by atoms with Gasteiger partial charge in [0.1, 0.15) is 17.0 Å². The van der Waals surface area contributed by atoms with Gasteiger partial charge in [0.25, 0.3) is 0 Å². The Morgan fingerprint density at radius 2 is 1.77 bits per heavy atom. The number of nitro benzene ring substituents is 1. The summed E-state index contributed by atoms with van der Waals surface area (Å²) < 4.78 is 15.6. The van der Waals surface area contributed by atoms with Crippen molar-refractivity contribution < 1.29 is 23.9 Å². The average Bonchev–Trinajstić information content (AvgIpc) is 2.67. The van der Waals surface area contributed by atoms with Crippen molar-refractivity contribution in [3.63, 3.8) is 0 Å². The first-order valence-electron chi connectivity index (χ1n) is 7.51. The number of methoxy groups -OCH3 is 2. The Balaban J connectivity index is 2.07. The minimum Gasteiger partial charge on any atom is -0.497 e. The zero-order chi connectivity index (χ0) is 18.7. The van der Waals surface area contributed by atoms with Crippen molar-refractivity contribution in [1.82, 2.24) is 4.98 Å². The van der Waals surface area contributed by atoms with E-state index in [2.05, 4.69) is 4.98 Å². The van der Waals surface area contributed by atoms with Gasteiger partial charge in [-0.1, -0.05) is 6.07 Å². The van der Waals surface area contributed by atoms with E-state index in [0.29, 0.717) is 16.9 Å². The number of pyridine rings is 1. The van der Waals surface area contributed by atoms with Gasteiger partial charge in [-0.15, -0.1) is 0 Å². The average molecular weight is 354 g/mol. The minimum absolute atomic E-state index is 0.128. The molecule has 8 nitrogen and oxygen atoms in total. The summed E-state index contributed by atoms with van der Waals surface area (Å²) in [5.41, 5.74) is 0.00718. The van der Waals surface area contributed by atoms with Crippen LogP contribution in [0.25, 0.3) is 10.9 Å². The van der Waals surface area contributed by atoms with Gasteiger partial charge in [0.15, 0.2) is 0 Å². The highest BCUT2D eigenvalue weighted by atomic mass is 16.6. The van der Waals surface area contributed by atoms with Crippen LogP contribution in [0.1, 0.15) is 10.4 Å². The third kappa shape index (κ3) is 3.25. The maximum Gasteiger partial charge on any atom is 0.344 e. The van der Waals surface area contributed by atoms with Crippen LogP contribution in [0.2, 0.25) is 0 Å². The van der Waals surface area contributed by atoms with Gasteiger partial charge in [0, 0.05) is 23.7 Å². The van der Waals surface area contributed by atoms with Gasteiger partial charge in [0.05, 0.1) is 24.7 Å². The number of carbonyl (C=O) groups excluding carboxylic acids is 1. The second-order valence-corrected chi connectivity index (χ2v) is 5.24. The minimum atomic E-state index is -0.788. The number of carbonyl (C=O) groups is 1. The Kier molecular flexibility index (Phi) is 4.66. The van der Waals surface area contributed by atoms with Crippen LogP contribution in [0.15, 0.2) is 48.7 Å². The molecule has 2 aromatic carbocycles. The number of fused-ring (bicyclic) bond motifs is 1. The molecule has 0 radical (unpaired) electrons. The van der Waals surface area contributed by atoms with E-state index in [0.717, 1.165) is 0 Å². The first kappa shape index (κ1) is 17.2. The van der Waals surface area contributed by atoms with Gasteiger partial charge >= 0.3 is 11.7 Å². The molecule has 0 amide bonds. The summed E-state index contributed by atoms with van der Waals surface area (Å²) in [4.78, 5) is 27.4. The van der Waals surface area contributed by atoms with Crippen LogP contribution < -0.4 is 14.2 Å². The molecule has 0 unspecified atom stereocenters. The fraction of sp³-hybridized carbons (Fsp3) is 0.111. The van der Waals surface area contributed by atoms with Gasteiger partial charge in [-0.25, -0.2) is 4.79 Å². The molecule has 0 N–H and O–H groups in total. The van der Waals surface area contributed by atoms with Crippen LogP contribution in [0.4, 0.5) is 5.69 Å². The van der Waals surface area contributed by atoms with E-state index >= 15 is 0 Å². The van der Waals surface area contributed by atoms with Crippen molar-refractivity contribution in [2.45, 2.75) is 0 Å². The van der Waals surface area contributed by atoms with E-state index in [1.165, 1.54) is 38.6 Å². The number of aromatic nitrogens is 1. The van der Waals surface area contributed by atoms with Crippen LogP contribution in [0, 0.1) is 10.1 Å². The standard InChI is InChI=1S/C18H14N2O6/c1-24-13-8-12(9-14(10-13)25-2)18(21)26-17-15(20(22)23)6-5-11-4-3-7-19-16(11)17/h3-10H,1-2H3. The highest BCUT2D eigenvalue weighted by Crippen LogP contribution is 2.35. The predicted octanol–water partition coefficient (Wildman–Crippen LogP) is 3.38. The Morgan fingerprint density at radius 3 is 2.38 bits per heavy atom. The summed E-state index contributed by atoms with van der Waals surface area (Å²) in [6.45, 7) is 0. The molecular formula is C18H14N2O6. The van der Waals surface area contributed by atoms with E-state index in [4.69, 9.17) is 14.2 Å². The molecule has 0 aliphatic rings. The lowest BCUT2D eigenvalue weighted by Crippen LogP contribution is -2.11. The molecule has 3 rings (SSSR count). The van der Waals surface area contributed by atoms with Crippen LogP contribution in [0.3, 0.4) is 0 Å². The van der Waals surface area contributed by atoms with E-state index < -0.39 is 10.9 Å². The quantitative estimate of drug-likeness (QED) is 0.299. The van der Waals surface area contributed by atoms with Gasteiger partial charge in [-0.3, -0.25) is 15.1 Å². The first-order chi connectivity index (χ1) is 12.5. The van der Waals surface area contributed by atoms with E-state index in [1.54, 1.807) is 24.3 Å². The maximum atomic E-state index is 12.6. The fourth-order valence-corrected chi connectivity index (χ4v) is 2.43. The van der Waals surface area contributed by atoms with Gasteiger partial charge in [-0.05, 0) is 24.3 Å². The van der Waals surface area contributed by atoms with Gasteiger partial charge < -0.3 is 14.2 Å². The largest absolute Gasteiger partial charge is 0.497 e. The number of benzene rings is 2. The highest BCUT2D eigenvalue weighted by molar-refractivity contribution is 5.96. The van der Waals surface area contributed by atoms with E-state index in [1.807, 2.05) is 0 Å². The molecule has 0 aliphatic carbocycles. The Labute approximate surface area is 148 Å². The van der Waals surface area contributed by atoms with Crippen molar-refractivity contribution in [3.05, 3.63) is 64.3 Å². The lowest BCUT2D eigenvalue weighted by atomic mass is 10.1. The summed E-state index contributed by atoms with van der Waals surface area (Å²) in [7, 11) is 2.90. The lowest BCUT2D eigenvalue weighted by molar-refractivity contribution is -0.385. The highest BCUT2D eigenvalue weighted by Gasteiger charge is 2.23. The topological polar surface area (TPSA) is 101 Å². The number of esters is 1. The summed E-state index contributed by atoms with van der Waals surface area (Å²) in [5, 5.41) is 11.9. The Bertz CT molecular complexity index is 980. The maximum absolute atomic E-state index is 12.6. The first-order valence-corrected chi connectivity index (χ1v) is 7.51. The van der Waals surface area contributed by atoms with Crippen molar-refractivity contribution in [2.75, 3.05) is 14.2 Å². The van der Waals surface area contributed by atoms with E-state index in [9.17, 15) is 14.9 Å². The third-order valence-corrected chi connectivity index (χ3v) is 3.69. The molecule has 3 aromatic rings. The normalized spacial score (nSPS) is 10.4. The third-order valence-electron chi connectivity index (χ3n) is 3.69. The molecule has 1 aromatic heterocycles. The molecule has 0 bridgehead atoms. The summed E-state index contributed by atoms with van der Waals surface area (Å²) in [6, 6.07) is 10.7. The molecule has 0 saturated carbocycles. The molecule has 1 heterocycles. The van der Waals surface area contributed by atoms with Crippen molar-refractivity contribution in [2.24, 2.45) is 0 Å². The van der Waals surface area contributed by atoms with Gasteiger partial charge in [0.2, 0.25) is 5.75 Å². The fourth-order valence-electron chi connectivity index (χ4n) is 2.43. The van der Waals surface area contributed by atoms with Crippen LogP contribution >= 0.6 is 0 Å². The van der Waals surface area contributed by atoms with Crippen LogP contribution in [0.5, 0.6) is 17.2 Å². The number of hydrogen-bond donors (Lipinski definition) is 0. The number of nitro groups is 1. The number of rotatable bonds is 5. The molecule has 0 spiro atoms. The zero-order valence-corrected chi connectivity index (χ0v) is 14.0. The molecule has 0 aliphatic heterocycles. The summed E-state index contributed by atoms with van der Waals surface area (Å²) in [6.07, 6.45) is 1.47. The SMILES string of the molecule is COc1cc(OC)cc(C(=O)Oc2c([N+](=O)[O-])ccc3cccnc23)c1. The zero-order valence-electron chi connectivity index (χ0n) is 14.0. The van der Waals surface area contributed by atoms with Crippen molar-refractivity contribution >= 4 is 22.6 Å². The summed E-state index contributed by atoms with van der Waals surface area (Å²) in [5.74, 6) is -0.216. The van der Waals surface area contributed by atoms with Crippen LogP contribution in [-0.4, -0.2) is 30.1 Å². The number of hydrogen-bond acceptors (Lipinski definition) is 7. The summed E-state index contributed by atoms with van der Waals surface area (Å²) >= 11 is 0. The molecule has 132 valence electrons. The molecule has 8 heteroatoms. The second-order valence-electron chi connectivity index (χ2n) is 5.24. The van der Waals surface area contributed by atoms with Crippen LogP contribution in [-0.2, 0) is 0 Å². The Hall–Kier alpha value is -3.68. The molecule has 26 heavy (non-hydrogen) atoms. The second kappa shape index (κ2) is 7.06. The Morgan fingerprint density at radius 1 is 1.08 bits per heavy atom. The number of ether oxygens (including phenoxy) is 3. The lowest BCUT2D eigenvalue weighted by Gasteiger charge is -2.10. The molecule has 0 saturated heterocycles. The molecule has 0 atom stereocenters. The predicted molar refractivity (Wildman–Crippen MR) is 92.9 cm³/mol. The molecule has 0 fully saturated rings. The van der Waals surface area contributed by atoms with Crippen molar-refractivity contribution in [1.29, 1.82) is 0 Å². The molecular weight excluding hydrogens is 340 g/mol. The smallest absolute Gasteiger partial charge is 0.344 e. The number of nitrogens with zero attached hydrogens (tertiary/aromatic N) is 2. The van der Waals surface area contributed by atoms with Crippen molar-refractivity contribution in [3.8, 4) is 17.2 Å². The van der Waals surface area contributed by atoms with E-state index in [-0.39, 0.29) is 22.5 Å².